The lowest BCUT2D eigenvalue weighted by Gasteiger charge is -2.03. The number of anilines is 1. The van der Waals surface area contributed by atoms with Crippen LogP contribution in [0.4, 0.5) is 5.00 Å². The van der Waals surface area contributed by atoms with Crippen LogP contribution in [0.5, 0.6) is 0 Å². The lowest BCUT2D eigenvalue weighted by atomic mass is 10.2. The monoisotopic (exact) mass is 357 g/mol. The molecular weight excluding hydrogens is 338 g/mol. The second kappa shape index (κ2) is 9.34. The van der Waals surface area contributed by atoms with Gasteiger partial charge in [0.05, 0.1) is 16.1 Å². The number of furan rings is 1. The molecule has 0 aliphatic heterocycles. The molecule has 6 nitrogen and oxygen atoms in total. The molecule has 0 aliphatic rings. The summed E-state index contributed by atoms with van der Waals surface area (Å²) in [4.78, 5) is 24.6. The molecule has 0 saturated heterocycles. The summed E-state index contributed by atoms with van der Waals surface area (Å²) in [7, 11) is 1.87. The first-order valence-electron chi connectivity index (χ1n) is 7.00. The van der Waals surface area contributed by atoms with Gasteiger partial charge < -0.3 is 20.4 Å². The molecule has 0 saturated carbocycles. The van der Waals surface area contributed by atoms with Crippen molar-refractivity contribution in [2.75, 3.05) is 25.5 Å². The van der Waals surface area contributed by atoms with Crippen molar-refractivity contribution in [2.24, 2.45) is 0 Å². The Morgan fingerprint density at radius 1 is 1.26 bits per heavy atom. The van der Waals surface area contributed by atoms with E-state index in [0.717, 1.165) is 18.5 Å². The SMILES string of the molecule is CNCCCNC(=O)c1sc(NC(=O)c2ccco2)cc1C.Cl. The van der Waals surface area contributed by atoms with E-state index in [9.17, 15) is 9.59 Å². The molecule has 23 heavy (non-hydrogen) atoms. The maximum atomic E-state index is 12.1. The van der Waals surface area contributed by atoms with E-state index in [-0.39, 0.29) is 30.0 Å². The molecule has 0 spiro atoms. The van der Waals surface area contributed by atoms with Crippen molar-refractivity contribution >= 4 is 40.6 Å². The number of amides is 2. The fraction of sp³-hybridized carbons (Fsp3) is 0.333. The van der Waals surface area contributed by atoms with Crippen molar-refractivity contribution in [1.82, 2.24) is 10.6 Å². The first kappa shape index (κ1) is 19.2. The van der Waals surface area contributed by atoms with Crippen LogP contribution >= 0.6 is 23.7 Å². The summed E-state index contributed by atoms with van der Waals surface area (Å²) in [6.07, 6.45) is 2.31. The van der Waals surface area contributed by atoms with Crippen LogP contribution in [-0.2, 0) is 0 Å². The number of hydrogen-bond acceptors (Lipinski definition) is 5. The molecule has 0 unspecified atom stereocenters. The maximum absolute atomic E-state index is 12.1. The fourth-order valence-electron chi connectivity index (χ4n) is 1.90. The molecule has 126 valence electrons. The maximum Gasteiger partial charge on any atom is 0.291 e. The quantitative estimate of drug-likeness (QED) is 0.665. The van der Waals surface area contributed by atoms with Crippen molar-refractivity contribution in [2.45, 2.75) is 13.3 Å². The summed E-state index contributed by atoms with van der Waals surface area (Å²) >= 11 is 1.26. The van der Waals surface area contributed by atoms with Gasteiger partial charge in [-0.15, -0.1) is 23.7 Å². The summed E-state index contributed by atoms with van der Waals surface area (Å²) < 4.78 is 5.04. The van der Waals surface area contributed by atoms with Gasteiger partial charge >= 0.3 is 0 Å². The largest absolute Gasteiger partial charge is 0.459 e. The van der Waals surface area contributed by atoms with Crippen LogP contribution in [0.15, 0.2) is 28.9 Å². The number of aryl methyl sites for hydroxylation is 1. The average molecular weight is 358 g/mol. The van der Waals surface area contributed by atoms with Gasteiger partial charge in [0.25, 0.3) is 11.8 Å². The Bertz CT molecular complexity index is 640. The third-order valence-corrected chi connectivity index (χ3v) is 4.15. The number of hydrogen-bond donors (Lipinski definition) is 3. The number of rotatable bonds is 7. The number of halogens is 1. The molecule has 0 fully saturated rings. The third-order valence-electron chi connectivity index (χ3n) is 2.99. The normalized spacial score (nSPS) is 10.0. The minimum atomic E-state index is -0.327. The summed E-state index contributed by atoms with van der Waals surface area (Å²) in [5, 5.41) is 9.25. The highest BCUT2D eigenvalue weighted by molar-refractivity contribution is 7.18. The summed E-state index contributed by atoms with van der Waals surface area (Å²) in [6.45, 7) is 3.32. The van der Waals surface area contributed by atoms with Gasteiger partial charge in [0, 0.05) is 6.54 Å². The Balaban J connectivity index is 0.00000264. The van der Waals surface area contributed by atoms with Crippen molar-refractivity contribution < 1.29 is 14.0 Å². The lowest BCUT2D eigenvalue weighted by molar-refractivity contribution is 0.0955. The predicted molar refractivity (Wildman–Crippen MR) is 93.8 cm³/mol. The van der Waals surface area contributed by atoms with Crippen molar-refractivity contribution in [1.29, 1.82) is 0 Å². The van der Waals surface area contributed by atoms with E-state index in [0.29, 0.717) is 16.4 Å². The van der Waals surface area contributed by atoms with Crippen molar-refractivity contribution in [3.05, 3.63) is 40.7 Å². The number of carbonyl (C=O) groups excluding carboxylic acids is 2. The standard InChI is InChI=1S/C15H19N3O3S.ClH/c1-10-9-12(18-14(19)11-5-3-8-21-11)22-13(10)15(20)17-7-4-6-16-2;/h3,5,8-9,16H,4,6-7H2,1-2H3,(H,17,20)(H,18,19);1H. The van der Waals surface area contributed by atoms with Gasteiger partial charge in [-0.3, -0.25) is 9.59 Å². The Morgan fingerprint density at radius 2 is 2.04 bits per heavy atom. The highest BCUT2D eigenvalue weighted by Gasteiger charge is 2.16. The molecule has 0 atom stereocenters. The highest BCUT2D eigenvalue weighted by Crippen LogP contribution is 2.27. The Morgan fingerprint density at radius 3 is 2.70 bits per heavy atom. The van der Waals surface area contributed by atoms with E-state index in [1.807, 2.05) is 14.0 Å². The van der Waals surface area contributed by atoms with Crippen LogP contribution < -0.4 is 16.0 Å². The molecule has 2 aromatic heterocycles. The molecule has 2 rings (SSSR count). The lowest BCUT2D eigenvalue weighted by Crippen LogP contribution is -2.26. The highest BCUT2D eigenvalue weighted by atomic mass is 35.5. The molecule has 2 heterocycles. The van der Waals surface area contributed by atoms with Gasteiger partial charge in [-0.2, -0.15) is 0 Å². The van der Waals surface area contributed by atoms with E-state index in [4.69, 9.17) is 4.42 Å². The molecule has 8 heteroatoms. The van der Waals surface area contributed by atoms with Gasteiger partial charge in [0.1, 0.15) is 0 Å². The molecule has 0 aromatic carbocycles. The van der Waals surface area contributed by atoms with E-state index in [1.165, 1.54) is 17.6 Å². The molecule has 2 aromatic rings. The van der Waals surface area contributed by atoms with E-state index in [1.54, 1.807) is 18.2 Å². The first-order valence-corrected chi connectivity index (χ1v) is 7.81. The van der Waals surface area contributed by atoms with Gasteiger partial charge in [0.2, 0.25) is 0 Å². The second-order valence-corrected chi connectivity index (χ2v) is 5.82. The summed E-state index contributed by atoms with van der Waals surface area (Å²) in [5.74, 6) is -0.201. The Kier molecular flexibility index (Phi) is 7.80. The topological polar surface area (TPSA) is 83.4 Å². The zero-order chi connectivity index (χ0) is 15.9. The Hall–Kier alpha value is -1.83. The Labute approximate surface area is 145 Å². The van der Waals surface area contributed by atoms with E-state index in [2.05, 4.69) is 16.0 Å². The van der Waals surface area contributed by atoms with Crippen LogP contribution in [0.3, 0.4) is 0 Å². The molecule has 2 amide bonds. The second-order valence-electron chi connectivity index (χ2n) is 4.77. The third kappa shape index (κ3) is 5.38. The van der Waals surface area contributed by atoms with Crippen molar-refractivity contribution in [3.63, 3.8) is 0 Å². The average Bonchev–Trinajstić information content (AvgIpc) is 3.13. The van der Waals surface area contributed by atoms with Gasteiger partial charge in [0.15, 0.2) is 5.76 Å². The summed E-state index contributed by atoms with van der Waals surface area (Å²) in [6, 6.07) is 5.03. The summed E-state index contributed by atoms with van der Waals surface area (Å²) in [5.41, 5.74) is 0.839. The number of thiophene rings is 1. The smallest absolute Gasteiger partial charge is 0.291 e. The van der Waals surface area contributed by atoms with Crippen LogP contribution in [0.25, 0.3) is 0 Å². The van der Waals surface area contributed by atoms with Gasteiger partial charge in [-0.1, -0.05) is 0 Å². The van der Waals surface area contributed by atoms with Crippen LogP contribution in [-0.4, -0.2) is 32.0 Å². The molecule has 0 bridgehead atoms. The van der Waals surface area contributed by atoms with Crippen molar-refractivity contribution in [3.8, 4) is 0 Å². The first-order chi connectivity index (χ1) is 10.6. The molecule has 0 aliphatic carbocycles. The zero-order valence-electron chi connectivity index (χ0n) is 13.0. The predicted octanol–water partition coefficient (Wildman–Crippen LogP) is 2.66. The fourth-order valence-corrected chi connectivity index (χ4v) is 2.88. The minimum Gasteiger partial charge on any atom is -0.459 e. The van der Waals surface area contributed by atoms with Crippen LogP contribution in [0, 0.1) is 6.92 Å². The molecular formula is C15H20ClN3O3S. The van der Waals surface area contributed by atoms with E-state index >= 15 is 0 Å². The molecule has 3 N–H and O–H groups in total. The van der Waals surface area contributed by atoms with Crippen LogP contribution in [0.2, 0.25) is 0 Å². The van der Waals surface area contributed by atoms with Gasteiger partial charge in [-0.25, -0.2) is 0 Å². The molecule has 0 radical (unpaired) electrons. The zero-order valence-corrected chi connectivity index (χ0v) is 14.6. The number of carbonyl (C=O) groups is 2. The van der Waals surface area contributed by atoms with E-state index < -0.39 is 0 Å². The minimum absolute atomic E-state index is 0. The van der Waals surface area contributed by atoms with Gasteiger partial charge in [-0.05, 0) is 50.7 Å². The van der Waals surface area contributed by atoms with Crippen LogP contribution in [0.1, 0.15) is 32.2 Å². The number of nitrogens with one attached hydrogen (secondary N) is 3.